The van der Waals surface area contributed by atoms with Crippen molar-refractivity contribution in [1.29, 1.82) is 0 Å². The van der Waals surface area contributed by atoms with Crippen LogP contribution >= 0.6 is 24.0 Å². The van der Waals surface area contributed by atoms with Crippen LogP contribution in [-0.4, -0.2) is 29.9 Å². The monoisotopic (exact) mass is 475 g/mol. The summed E-state index contributed by atoms with van der Waals surface area (Å²) in [6.07, 6.45) is 2.98. The lowest BCUT2D eigenvalue weighted by Crippen LogP contribution is -2.37. The zero-order valence-corrected chi connectivity index (χ0v) is 18.6. The number of aryl methyl sites for hydroxylation is 2. The van der Waals surface area contributed by atoms with Crippen LogP contribution in [0.2, 0.25) is 0 Å². The third kappa shape index (κ3) is 6.00. The summed E-state index contributed by atoms with van der Waals surface area (Å²) in [5.74, 6) is 2.88. The van der Waals surface area contributed by atoms with Crippen LogP contribution in [0.5, 0.6) is 0 Å². The largest absolute Gasteiger partial charge is 0.361 e. The molecule has 2 N–H and O–H groups in total. The molecule has 0 radical (unpaired) electrons. The molecule has 0 bridgehead atoms. The van der Waals surface area contributed by atoms with Gasteiger partial charge in [-0.05, 0) is 33.1 Å². The number of nitrogens with zero attached hydrogens (tertiary/aromatic N) is 3. The van der Waals surface area contributed by atoms with E-state index in [1.54, 1.807) is 7.05 Å². The Kier molecular flexibility index (Phi) is 9.68. The standard InChI is InChI=1S/C18H29N5O2.HI/c1-6-14(7-2)17-10-15(25-23-17)11-21-18(19-5)20-9-8-16-12(3)22-24-13(16)4;/h10,14H,6-9,11H2,1-5H3,(H2,19,20,21);1H. The lowest BCUT2D eigenvalue weighted by atomic mass is 9.99. The third-order valence-electron chi connectivity index (χ3n) is 4.48. The molecule has 2 aromatic rings. The second kappa shape index (κ2) is 11.2. The molecule has 146 valence electrons. The second-order valence-corrected chi connectivity index (χ2v) is 6.14. The fraction of sp³-hybridized carbons (Fsp3) is 0.611. The molecule has 0 atom stereocenters. The van der Waals surface area contributed by atoms with Crippen molar-refractivity contribution in [2.75, 3.05) is 13.6 Å². The minimum Gasteiger partial charge on any atom is -0.361 e. The van der Waals surface area contributed by atoms with Crippen LogP contribution in [-0.2, 0) is 13.0 Å². The highest BCUT2D eigenvalue weighted by Gasteiger charge is 2.13. The average Bonchev–Trinajstić information content (AvgIpc) is 3.20. The highest BCUT2D eigenvalue weighted by atomic mass is 127. The molecule has 0 saturated carbocycles. The number of aliphatic imine (C=N–C) groups is 1. The van der Waals surface area contributed by atoms with E-state index < -0.39 is 0 Å². The molecule has 0 aliphatic carbocycles. The van der Waals surface area contributed by atoms with Crippen molar-refractivity contribution in [2.45, 2.75) is 59.4 Å². The van der Waals surface area contributed by atoms with Gasteiger partial charge in [-0.3, -0.25) is 4.99 Å². The van der Waals surface area contributed by atoms with Gasteiger partial charge in [0.1, 0.15) is 5.76 Å². The lowest BCUT2D eigenvalue weighted by molar-refractivity contribution is 0.368. The van der Waals surface area contributed by atoms with E-state index in [0.717, 1.165) is 60.2 Å². The fourth-order valence-corrected chi connectivity index (χ4v) is 2.87. The summed E-state index contributed by atoms with van der Waals surface area (Å²) in [7, 11) is 1.75. The van der Waals surface area contributed by atoms with Crippen molar-refractivity contribution in [3.8, 4) is 0 Å². The number of guanidine groups is 1. The Labute approximate surface area is 172 Å². The molecule has 0 aliphatic heterocycles. The quantitative estimate of drug-likeness (QED) is 0.344. The van der Waals surface area contributed by atoms with Crippen molar-refractivity contribution in [1.82, 2.24) is 20.9 Å². The first-order valence-corrected chi connectivity index (χ1v) is 8.90. The Bertz CT molecular complexity index is 672. The van der Waals surface area contributed by atoms with Crippen molar-refractivity contribution < 1.29 is 9.05 Å². The summed E-state index contributed by atoms with van der Waals surface area (Å²) in [6, 6.07) is 2.03. The predicted molar refractivity (Wildman–Crippen MR) is 113 cm³/mol. The van der Waals surface area contributed by atoms with Crippen molar-refractivity contribution in [3.63, 3.8) is 0 Å². The van der Waals surface area contributed by atoms with Crippen molar-refractivity contribution in [2.24, 2.45) is 4.99 Å². The fourth-order valence-electron chi connectivity index (χ4n) is 2.87. The first-order valence-electron chi connectivity index (χ1n) is 8.90. The maximum absolute atomic E-state index is 5.42. The van der Waals surface area contributed by atoms with Crippen LogP contribution in [0.1, 0.15) is 61.1 Å². The van der Waals surface area contributed by atoms with Gasteiger partial charge < -0.3 is 19.7 Å². The van der Waals surface area contributed by atoms with E-state index in [4.69, 9.17) is 9.05 Å². The van der Waals surface area contributed by atoms with Crippen LogP contribution in [0, 0.1) is 13.8 Å². The number of nitrogens with one attached hydrogen (secondary N) is 2. The molecule has 8 heteroatoms. The molecule has 0 spiro atoms. The topological polar surface area (TPSA) is 88.5 Å². The molecule has 2 heterocycles. The van der Waals surface area contributed by atoms with E-state index in [9.17, 15) is 0 Å². The van der Waals surface area contributed by atoms with E-state index in [1.807, 2.05) is 19.9 Å². The van der Waals surface area contributed by atoms with E-state index in [0.29, 0.717) is 12.5 Å². The number of halogens is 1. The van der Waals surface area contributed by atoms with Gasteiger partial charge in [0, 0.05) is 31.1 Å². The summed E-state index contributed by atoms with van der Waals surface area (Å²) >= 11 is 0. The van der Waals surface area contributed by atoms with E-state index >= 15 is 0 Å². The van der Waals surface area contributed by atoms with Gasteiger partial charge in [-0.2, -0.15) is 0 Å². The highest BCUT2D eigenvalue weighted by Crippen LogP contribution is 2.22. The predicted octanol–water partition coefficient (Wildman–Crippen LogP) is 3.71. The van der Waals surface area contributed by atoms with Crippen LogP contribution in [0.15, 0.2) is 20.1 Å². The van der Waals surface area contributed by atoms with Crippen molar-refractivity contribution in [3.05, 3.63) is 34.5 Å². The summed E-state index contributed by atoms with van der Waals surface area (Å²) in [4.78, 5) is 4.23. The molecule has 26 heavy (non-hydrogen) atoms. The third-order valence-corrected chi connectivity index (χ3v) is 4.48. The Morgan fingerprint density at radius 3 is 2.46 bits per heavy atom. The smallest absolute Gasteiger partial charge is 0.191 e. The van der Waals surface area contributed by atoms with Crippen LogP contribution in [0.4, 0.5) is 0 Å². The van der Waals surface area contributed by atoms with Gasteiger partial charge in [-0.15, -0.1) is 24.0 Å². The van der Waals surface area contributed by atoms with E-state index in [2.05, 4.69) is 39.8 Å². The van der Waals surface area contributed by atoms with Gasteiger partial charge >= 0.3 is 0 Å². The van der Waals surface area contributed by atoms with Gasteiger partial charge in [0.2, 0.25) is 0 Å². The zero-order valence-electron chi connectivity index (χ0n) is 16.3. The summed E-state index contributed by atoms with van der Waals surface area (Å²) < 4.78 is 10.6. The molecular formula is C18H30IN5O2. The molecule has 0 unspecified atom stereocenters. The summed E-state index contributed by atoms with van der Waals surface area (Å²) in [5, 5.41) is 14.7. The summed E-state index contributed by atoms with van der Waals surface area (Å²) in [6.45, 7) is 9.54. The second-order valence-electron chi connectivity index (χ2n) is 6.14. The number of aromatic nitrogens is 2. The molecule has 2 aromatic heterocycles. The molecule has 0 aliphatic rings. The Hall–Kier alpha value is -1.58. The maximum atomic E-state index is 5.42. The SMILES string of the molecule is CCC(CC)c1cc(CNC(=NC)NCCc2c(C)noc2C)on1.I. The molecule has 2 rings (SSSR count). The van der Waals surface area contributed by atoms with Gasteiger partial charge in [-0.25, -0.2) is 0 Å². The van der Waals surface area contributed by atoms with Gasteiger partial charge in [0.25, 0.3) is 0 Å². The maximum Gasteiger partial charge on any atom is 0.191 e. The van der Waals surface area contributed by atoms with E-state index in [1.165, 1.54) is 0 Å². The first kappa shape index (κ1) is 22.5. The van der Waals surface area contributed by atoms with Gasteiger partial charge in [0.15, 0.2) is 11.7 Å². The highest BCUT2D eigenvalue weighted by molar-refractivity contribution is 14.0. The normalized spacial score (nSPS) is 11.5. The first-order chi connectivity index (χ1) is 12.1. The van der Waals surface area contributed by atoms with Crippen LogP contribution in [0.25, 0.3) is 0 Å². The minimum atomic E-state index is 0. The van der Waals surface area contributed by atoms with Gasteiger partial charge in [0.05, 0.1) is 17.9 Å². The minimum absolute atomic E-state index is 0. The average molecular weight is 475 g/mol. The van der Waals surface area contributed by atoms with Crippen LogP contribution < -0.4 is 10.6 Å². The Morgan fingerprint density at radius 2 is 1.88 bits per heavy atom. The molecule has 0 saturated heterocycles. The molecular weight excluding hydrogens is 445 g/mol. The summed E-state index contributed by atoms with van der Waals surface area (Å²) in [5.41, 5.74) is 3.12. The molecule has 0 amide bonds. The number of rotatable bonds is 8. The Morgan fingerprint density at radius 1 is 1.15 bits per heavy atom. The number of hydrogen-bond donors (Lipinski definition) is 2. The molecule has 7 nitrogen and oxygen atoms in total. The lowest BCUT2D eigenvalue weighted by Gasteiger charge is -2.10. The molecule has 0 aromatic carbocycles. The zero-order chi connectivity index (χ0) is 18.2. The van der Waals surface area contributed by atoms with Crippen molar-refractivity contribution >= 4 is 29.9 Å². The Balaban J connectivity index is 0.00000338. The number of hydrogen-bond acceptors (Lipinski definition) is 5. The van der Waals surface area contributed by atoms with Crippen LogP contribution in [0.3, 0.4) is 0 Å². The molecule has 0 fully saturated rings. The van der Waals surface area contributed by atoms with E-state index in [-0.39, 0.29) is 24.0 Å². The van der Waals surface area contributed by atoms with Gasteiger partial charge in [-0.1, -0.05) is 24.2 Å².